The first-order valence-corrected chi connectivity index (χ1v) is 25.4. The van der Waals surface area contributed by atoms with Gasteiger partial charge in [0, 0.05) is 12.8 Å². The normalized spacial score (nSPS) is 20.5. The van der Waals surface area contributed by atoms with Crippen molar-refractivity contribution in [1.82, 2.24) is 5.32 Å². The van der Waals surface area contributed by atoms with Gasteiger partial charge in [-0.3, -0.25) is 9.59 Å². The smallest absolute Gasteiger partial charge is 0.305 e. The summed E-state index contributed by atoms with van der Waals surface area (Å²) in [6.07, 6.45) is 46.9. The summed E-state index contributed by atoms with van der Waals surface area (Å²) in [5, 5.41) is 54.0. The van der Waals surface area contributed by atoms with Crippen molar-refractivity contribution in [3.05, 3.63) is 85.1 Å². The van der Waals surface area contributed by atoms with Gasteiger partial charge < -0.3 is 45.1 Å². The maximum Gasteiger partial charge on any atom is 0.305 e. The van der Waals surface area contributed by atoms with Crippen molar-refractivity contribution in [3.63, 3.8) is 0 Å². The van der Waals surface area contributed by atoms with Gasteiger partial charge in [-0.15, -0.1) is 0 Å². The lowest BCUT2D eigenvalue weighted by Gasteiger charge is -2.40. The molecule has 7 atom stereocenters. The van der Waals surface area contributed by atoms with Crippen LogP contribution in [0, 0.1) is 0 Å². The molecule has 0 aliphatic carbocycles. The number of amides is 1. The average Bonchev–Trinajstić information content (AvgIpc) is 3.30. The number of esters is 1. The number of carbonyl (C=O) groups excluding carboxylic acids is 2. The maximum atomic E-state index is 12.9. The standard InChI is InChI=1S/C54H91NO10/c1-3-5-7-9-11-13-15-16-19-22-26-30-34-38-42-50(59)63-43-39-35-31-27-23-20-17-18-21-25-29-33-37-41-49(58)55-46(45-64-54-53(62)52(61)51(60)48(44-56)65-54)47(57)40-36-32-28-24-14-12-10-8-6-4-2/h6,8-9,11,14-16,18,21,24,29,33,36,40,46-48,51-54,56-57,60-62H,3-5,7,10,12-13,17,19-20,22-23,25-28,30-32,34-35,37-39,41-45H2,1-2H3,(H,55,58)/b8-6+,11-9-,16-15-,21-18-,24-14+,33-29-,40-36+. The summed E-state index contributed by atoms with van der Waals surface area (Å²) < 4.78 is 16.6. The van der Waals surface area contributed by atoms with Crippen LogP contribution in [-0.4, -0.2) is 100 Å². The van der Waals surface area contributed by atoms with E-state index in [1.165, 1.54) is 51.4 Å². The molecule has 0 aromatic carbocycles. The summed E-state index contributed by atoms with van der Waals surface area (Å²) in [4.78, 5) is 25.0. The number of hydrogen-bond donors (Lipinski definition) is 6. The van der Waals surface area contributed by atoms with Gasteiger partial charge in [-0.2, -0.15) is 0 Å². The summed E-state index contributed by atoms with van der Waals surface area (Å²) in [5.74, 6) is -0.341. The Balaban J connectivity index is 2.22. The van der Waals surface area contributed by atoms with Crippen LogP contribution in [0.3, 0.4) is 0 Å². The molecule has 0 aromatic heterocycles. The van der Waals surface area contributed by atoms with Gasteiger partial charge in [-0.1, -0.05) is 157 Å². The Kier molecular flexibility index (Phi) is 40.0. The molecule has 0 saturated carbocycles. The second-order valence-corrected chi connectivity index (χ2v) is 17.1. The van der Waals surface area contributed by atoms with E-state index in [-0.39, 0.29) is 24.9 Å². The van der Waals surface area contributed by atoms with E-state index in [0.717, 1.165) is 89.9 Å². The largest absolute Gasteiger partial charge is 0.466 e. The number of aliphatic hydroxyl groups is 5. The van der Waals surface area contributed by atoms with E-state index in [4.69, 9.17) is 14.2 Å². The maximum absolute atomic E-state index is 12.9. The first kappa shape index (κ1) is 59.9. The molecule has 1 fully saturated rings. The van der Waals surface area contributed by atoms with Crippen LogP contribution in [0.2, 0.25) is 0 Å². The Morgan fingerprint density at radius 3 is 1.71 bits per heavy atom. The highest BCUT2D eigenvalue weighted by molar-refractivity contribution is 5.76. The predicted octanol–water partition coefficient (Wildman–Crippen LogP) is 10.3. The van der Waals surface area contributed by atoms with Gasteiger partial charge in [0.25, 0.3) is 0 Å². The minimum absolute atomic E-state index is 0.0579. The van der Waals surface area contributed by atoms with E-state index in [9.17, 15) is 35.1 Å². The number of rotatable bonds is 41. The van der Waals surface area contributed by atoms with E-state index < -0.39 is 49.5 Å². The average molecular weight is 914 g/mol. The zero-order chi connectivity index (χ0) is 47.4. The van der Waals surface area contributed by atoms with Crippen LogP contribution in [0.4, 0.5) is 0 Å². The van der Waals surface area contributed by atoms with Gasteiger partial charge >= 0.3 is 5.97 Å². The first-order chi connectivity index (χ1) is 31.7. The van der Waals surface area contributed by atoms with Gasteiger partial charge in [0.15, 0.2) is 6.29 Å². The number of hydrogen-bond acceptors (Lipinski definition) is 10. The summed E-state index contributed by atoms with van der Waals surface area (Å²) >= 11 is 0. The Morgan fingerprint density at radius 1 is 0.585 bits per heavy atom. The fourth-order valence-electron chi connectivity index (χ4n) is 7.12. The molecule has 1 saturated heterocycles. The van der Waals surface area contributed by atoms with Gasteiger partial charge in [0.2, 0.25) is 5.91 Å². The molecule has 11 heteroatoms. The van der Waals surface area contributed by atoms with Gasteiger partial charge in [-0.25, -0.2) is 0 Å². The summed E-state index contributed by atoms with van der Waals surface area (Å²) in [7, 11) is 0. The van der Waals surface area contributed by atoms with E-state index in [2.05, 4.69) is 79.9 Å². The second kappa shape index (κ2) is 43.4. The molecule has 65 heavy (non-hydrogen) atoms. The number of aliphatic hydroxyl groups excluding tert-OH is 5. The topological polar surface area (TPSA) is 175 Å². The Morgan fingerprint density at radius 2 is 1.11 bits per heavy atom. The van der Waals surface area contributed by atoms with Crippen LogP contribution in [0.5, 0.6) is 0 Å². The van der Waals surface area contributed by atoms with Crippen molar-refractivity contribution in [2.24, 2.45) is 0 Å². The molecular weight excluding hydrogens is 823 g/mol. The summed E-state index contributed by atoms with van der Waals surface area (Å²) in [6.45, 7) is 4.02. The third kappa shape index (κ3) is 33.9. The zero-order valence-corrected chi connectivity index (χ0v) is 40.4. The SMILES string of the molecule is CC/C=C/CC/C=C/CC/C=C/C(O)C(COC1OC(CO)C(O)C(O)C1O)NC(=O)CC/C=C\C/C=C\CCCCCCCCOC(=O)CCCCCCC/C=C\C/C=C\CCCC. The molecule has 1 heterocycles. The summed E-state index contributed by atoms with van der Waals surface area (Å²) in [5.41, 5.74) is 0. The van der Waals surface area contributed by atoms with E-state index in [1.807, 2.05) is 18.2 Å². The fourth-order valence-corrected chi connectivity index (χ4v) is 7.12. The Hall–Kier alpha value is -3.16. The van der Waals surface area contributed by atoms with Crippen LogP contribution in [-0.2, 0) is 23.8 Å². The lowest BCUT2D eigenvalue weighted by Crippen LogP contribution is -2.60. The van der Waals surface area contributed by atoms with Crippen molar-refractivity contribution in [2.45, 2.75) is 224 Å². The number of carbonyl (C=O) groups is 2. The van der Waals surface area contributed by atoms with Crippen LogP contribution in [0.15, 0.2) is 85.1 Å². The molecule has 372 valence electrons. The quantitative estimate of drug-likeness (QED) is 0.0197. The molecule has 0 bridgehead atoms. The number of nitrogens with one attached hydrogen (secondary N) is 1. The number of unbranched alkanes of at least 4 members (excludes halogenated alkanes) is 15. The van der Waals surface area contributed by atoms with E-state index in [0.29, 0.717) is 25.9 Å². The molecule has 1 aliphatic heterocycles. The summed E-state index contributed by atoms with van der Waals surface area (Å²) in [6, 6.07) is -0.880. The van der Waals surface area contributed by atoms with Crippen LogP contribution >= 0.6 is 0 Å². The van der Waals surface area contributed by atoms with Crippen molar-refractivity contribution in [2.75, 3.05) is 19.8 Å². The highest BCUT2D eigenvalue weighted by Gasteiger charge is 2.44. The van der Waals surface area contributed by atoms with Crippen molar-refractivity contribution in [1.29, 1.82) is 0 Å². The second-order valence-electron chi connectivity index (χ2n) is 17.1. The van der Waals surface area contributed by atoms with Crippen molar-refractivity contribution >= 4 is 11.9 Å². The van der Waals surface area contributed by atoms with Gasteiger partial charge in [-0.05, 0) is 96.3 Å². The lowest BCUT2D eigenvalue weighted by molar-refractivity contribution is -0.302. The molecule has 0 aromatic rings. The van der Waals surface area contributed by atoms with Crippen molar-refractivity contribution in [3.8, 4) is 0 Å². The fraction of sp³-hybridized carbons (Fsp3) is 0.704. The van der Waals surface area contributed by atoms with Crippen LogP contribution in [0.1, 0.15) is 181 Å². The van der Waals surface area contributed by atoms with Crippen LogP contribution in [0.25, 0.3) is 0 Å². The molecular formula is C54H91NO10. The highest BCUT2D eigenvalue weighted by atomic mass is 16.7. The minimum atomic E-state index is -1.60. The molecule has 1 aliphatic rings. The molecule has 1 amide bonds. The van der Waals surface area contributed by atoms with Crippen molar-refractivity contribution < 1.29 is 49.3 Å². The van der Waals surface area contributed by atoms with Crippen LogP contribution < -0.4 is 5.32 Å². The Bertz CT molecular complexity index is 1350. The third-order valence-electron chi connectivity index (χ3n) is 11.2. The van der Waals surface area contributed by atoms with E-state index >= 15 is 0 Å². The monoisotopic (exact) mass is 914 g/mol. The minimum Gasteiger partial charge on any atom is -0.466 e. The Labute approximate surface area is 393 Å². The number of allylic oxidation sites excluding steroid dienone is 13. The molecule has 11 nitrogen and oxygen atoms in total. The zero-order valence-electron chi connectivity index (χ0n) is 40.4. The molecule has 7 unspecified atom stereocenters. The molecule has 0 spiro atoms. The first-order valence-electron chi connectivity index (χ1n) is 25.4. The van der Waals surface area contributed by atoms with E-state index in [1.54, 1.807) is 6.08 Å². The highest BCUT2D eigenvalue weighted by Crippen LogP contribution is 2.22. The lowest BCUT2D eigenvalue weighted by atomic mass is 9.99. The van der Waals surface area contributed by atoms with Gasteiger partial charge in [0.05, 0.1) is 32.0 Å². The molecule has 0 radical (unpaired) electrons. The van der Waals surface area contributed by atoms with Gasteiger partial charge in [0.1, 0.15) is 24.4 Å². The third-order valence-corrected chi connectivity index (χ3v) is 11.2. The molecule has 1 rings (SSSR count). The molecule has 6 N–H and O–H groups in total. The predicted molar refractivity (Wildman–Crippen MR) is 264 cm³/mol. The number of ether oxygens (including phenoxy) is 3.